The third-order valence-corrected chi connectivity index (χ3v) is 4.05. The van der Waals surface area contributed by atoms with E-state index in [1.807, 2.05) is 17.5 Å². The lowest BCUT2D eigenvalue weighted by atomic mass is 10.1. The molecule has 0 fully saturated rings. The van der Waals surface area contributed by atoms with Gasteiger partial charge in [-0.25, -0.2) is 0 Å². The first kappa shape index (κ1) is 15.2. The van der Waals surface area contributed by atoms with Gasteiger partial charge in [0.05, 0.1) is 24.7 Å². The number of carbonyl (C=O) groups excluding carboxylic acids is 1. The maximum absolute atomic E-state index is 12.4. The molecule has 2 aromatic heterocycles. The van der Waals surface area contributed by atoms with Crippen molar-refractivity contribution >= 4 is 17.1 Å². The second kappa shape index (κ2) is 6.57. The fourth-order valence-corrected chi connectivity index (χ4v) is 2.71. The van der Waals surface area contributed by atoms with Crippen molar-refractivity contribution < 1.29 is 14.3 Å². The van der Waals surface area contributed by atoms with Gasteiger partial charge in [-0.3, -0.25) is 4.79 Å². The lowest BCUT2D eigenvalue weighted by molar-refractivity contribution is 0.0958. The quantitative estimate of drug-likeness (QED) is 0.645. The van der Waals surface area contributed by atoms with E-state index in [0.717, 1.165) is 4.88 Å². The lowest BCUT2D eigenvalue weighted by Gasteiger charge is -2.09. The number of tetrazole rings is 1. The van der Waals surface area contributed by atoms with Crippen molar-refractivity contribution in [3.8, 4) is 22.2 Å². The van der Waals surface area contributed by atoms with Crippen LogP contribution in [-0.2, 0) is 6.54 Å². The van der Waals surface area contributed by atoms with Crippen LogP contribution in [0.5, 0.6) is 11.5 Å². The highest BCUT2D eigenvalue weighted by atomic mass is 32.1. The van der Waals surface area contributed by atoms with E-state index < -0.39 is 0 Å². The summed E-state index contributed by atoms with van der Waals surface area (Å²) in [5.41, 5.74) is 0.447. The summed E-state index contributed by atoms with van der Waals surface area (Å²) in [6.07, 6.45) is 0. The number of ketones is 1. The predicted octanol–water partition coefficient (Wildman–Crippen LogP) is 2.30. The molecule has 8 heteroatoms. The smallest absolute Gasteiger partial charge is 0.214 e. The topological polar surface area (TPSA) is 79.1 Å². The SMILES string of the molecule is COc1ccc(C(=O)Cn2nnc(-c3cccs3)n2)c(OC)c1. The Morgan fingerprint density at radius 2 is 2.13 bits per heavy atom. The molecule has 0 radical (unpaired) electrons. The number of ether oxygens (including phenoxy) is 2. The Morgan fingerprint density at radius 3 is 2.83 bits per heavy atom. The van der Waals surface area contributed by atoms with Gasteiger partial charge in [0, 0.05) is 6.07 Å². The first-order valence-electron chi connectivity index (χ1n) is 6.78. The third-order valence-electron chi connectivity index (χ3n) is 3.19. The molecule has 7 nitrogen and oxygen atoms in total. The Bertz CT molecular complexity index is 814. The molecule has 0 aliphatic heterocycles. The van der Waals surface area contributed by atoms with Crippen molar-refractivity contribution in [2.75, 3.05) is 14.2 Å². The van der Waals surface area contributed by atoms with Crippen LogP contribution in [0, 0.1) is 0 Å². The minimum absolute atomic E-state index is 0.0128. The number of benzene rings is 1. The molecule has 1 aromatic carbocycles. The number of carbonyl (C=O) groups is 1. The van der Waals surface area contributed by atoms with Gasteiger partial charge in [0.1, 0.15) is 18.0 Å². The molecule has 0 saturated carbocycles. The van der Waals surface area contributed by atoms with E-state index in [9.17, 15) is 4.79 Å². The molecule has 0 N–H and O–H groups in total. The van der Waals surface area contributed by atoms with Crippen molar-refractivity contribution in [3.63, 3.8) is 0 Å². The zero-order chi connectivity index (χ0) is 16.2. The number of nitrogens with zero attached hydrogens (tertiary/aromatic N) is 4. The van der Waals surface area contributed by atoms with Gasteiger partial charge in [-0.05, 0) is 28.8 Å². The lowest BCUT2D eigenvalue weighted by Crippen LogP contribution is -2.14. The van der Waals surface area contributed by atoms with Crippen molar-refractivity contribution in [1.82, 2.24) is 20.2 Å². The molecule has 23 heavy (non-hydrogen) atoms. The summed E-state index contributed by atoms with van der Waals surface area (Å²) in [7, 11) is 3.07. The van der Waals surface area contributed by atoms with Crippen LogP contribution in [0.2, 0.25) is 0 Å². The fourth-order valence-electron chi connectivity index (χ4n) is 2.06. The van der Waals surface area contributed by atoms with Crippen molar-refractivity contribution in [2.45, 2.75) is 6.54 Å². The summed E-state index contributed by atoms with van der Waals surface area (Å²) in [4.78, 5) is 14.6. The Labute approximate surface area is 136 Å². The molecule has 0 saturated heterocycles. The fraction of sp³-hybridized carbons (Fsp3) is 0.200. The van der Waals surface area contributed by atoms with E-state index in [0.29, 0.717) is 22.9 Å². The minimum Gasteiger partial charge on any atom is -0.497 e. The van der Waals surface area contributed by atoms with Crippen LogP contribution in [0.1, 0.15) is 10.4 Å². The minimum atomic E-state index is -0.167. The summed E-state index contributed by atoms with van der Waals surface area (Å²) in [6.45, 7) is -0.0128. The van der Waals surface area contributed by atoms with E-state index in [1.54, 1.807) is 25.3 Å². The average molecular weight is 330 g/mol. The van der Waals surface area contributed by atoms with Crippen LogP contribution in [0.3, 0.4) is 0 Å². The molecule has 0 aliphatic rings. The maximum Gasteiger partial charge on any atom is 0.214 e. The molecule has 0 unspecified atom stereocenters. The summed E-state index contributed by atoms with van der Waals surface area (Å²) in [6, 6.07) is 8.85. The zero-order valence-electron chi connectivity index (χ0n) is 12.6. The molecule has 0 amide bonds. The van der Waals surface area contributed by atoms with Crippen LogP contribution in [0.4, 0.5) is 0 Å². The van der Waals surface area contributed by atoms with Crippen LogP contribution in [-0.4, -0.2) is 40.2 Å². The van der Waals surface area contributed by atoms with E-state index in [-0.39, 0.29) is 12.3 Å². The molecule has 3 rings (SSSR count). The van der Waals surface area contributed by atoms with Crippen LogP contribution < -0.4 is 9.47 Å². The second-order valence-corrected chi connectivity index (χ2v) is 5.56. The summed E-state index contributed by atoms with van der Waals surface area (Å²) in [5.74, 6) is 1.42. The van der Waals surface area contributed by atoms with Gasteiger partial charge < -0.3 is 9.47 Å². The standard InChI is InChI=1S/C15H14N4O3S/c1-21-10-5-6-11(13(8-10)22-2)12(20)9-19-17-15(16-18-19)14-4-3-7-23-14/h3-8H,9H2,1-2H3. The predicted molar refractivity (Wildman–Crippen MR) is 85.0 cm³/mol. The van der Waals surface area contributed by atoms with Crippen molar-refractivity contribution in [3.05, 3.63) is 41.3 Å². The molecular weight excluding hydrogens is 316 g/mol. The Balaban J connectivity index is 1.79. The first-order chi connectivity index (χ1) is 11.2. The van der Waals surface area contributed by atoms with Gasteiger partial charge >= 0.3 is 0 Å². The van der Waals surface area contributed by atoms with Gasteiger partial charge in [0.25, 0.3) is 0 Å². The number of methoxy groups -OCH3 is 2. The monoisotopic (exact) mass is 330 g/mol. The molecule has 0 aliphatic carbocycles. The Kier molecular flexibility index (Phi) is 4.33. The van der Waals surface area contributed by atoms with Crippen LogP contribution >= 0.6 is 11.3 Å². The number of thiophene rings is 1. The molecule has 0 bridgehead atoms. The molecule has 118 valence electrons. The number of rotatable bonds is 6. The molecule has 0 spiro atoms. The van der Waals surface area contributed by atoms with Gasteiger partial charge in [0.2, 0.25) is 5.82 Å². The van der Waals surface area contributed by atoms with Gasteiger partial charge in [-0.2, -0.15) is 4.80 Å². The second-order valence-electron chi connectivity index (χ2n) is 4.61. The average Bonchev–Trinajstić information content (AvgIpc) is 3.25. The summed E-state index contributed by atoms with van der Waals surface area (Å²) in [5, 5.41) is 14.0. The highest BCUT2D eigenvalue weighted by Gasteiger charge is 2.16. The van der Waals surface area contributed by atoms with E-state index in [1.165, 1.54) is 23.2 Å². The van der Waals surface area contributed by atoms with Crippen LogP contribution in [0.15, 0.2) is 35.7 Å². The number of hydrogen-bond acceptors (Lipinski definition) is 7. The summed E-state index contributed by atoms with van der Waals surface area (Å²) < 4.78 is 10.4. The Hall–Kier alpha value is -2.74. The summed E-state index contributed by atoms with van der Waals surface area (Å²) >= 11 is 1.52. The molecular formula is C15H14N4O3S. The van der Waals surface area contributed by atoms with E-state index >= 15 is 0 Å². The maximum atomic E-state index is 12.4. The number of aromatic nitrogens is 4. The largest absolute Gasteiger partial charge is 0.497 e. The molecule has 2 heterocycles. The Morgan fingerprint density at radius 1 is 1.26 bits per heavy atom. The zero-order valence-corrected chi connectivity index (χ0v) is 13.4. The van der Waals surface area contributed by atoms with Gasteiger partial charge in [-0.15, -0.1) is 21.5 Å². The molecule has 3 aromatic rings. The van der Waals surface area contributed by atoms with E-state index in [2.05, 4.69) is 15.4 Å². The number of hydrogen-bond donors (Lipinski definition) is 0. The normalized spacial score (nSPS) is 10.5. The highest BCUT2D eigenvalue weighted by molar-refractivity contribution is 7.13. The van der Waals surface area contributed by atoms with Gasteiger partial charge in [0.15, 0.2) is 5.78 Å². The van der Waals surface area contributed by atoms with Crippen LogP contribution in [0.25, 0.3) is 10.7 Å². The number of Topliss-reactive ketones (excluding diaryl/α,β-unsaturated/α-hetero) is 1. The van der Waals surface area contributed by atoms with Gasteiger partial charge in [-0.1, -0.05) is 6.07 Å². The van der Waals surface area contributed by atoms with E-state index in [4.69, 9.17) is 9.47 Å². The van der Waals surface area contributed by atoms with Crippen molar-refractivity contribution in [2.24, 2.45) is 0 Å². The molecule has 0 atom stereocenters. The highest BCUT2D eigenvalue weighted by Crippen LogP contribution is 2.25. The van der Waals surface area contributed by atoms with Crippen molar-refractivity contribution in [1.29, 1.82) is 0 Å². The first-order valence-corrected chi connectivity index (χ1v) is 7.66. The third kappa shape index (κ3) is 3.21.